The number of rotatable bonds is 1. The molecule has 0 unspecified atom stereocenters. The van der Waals surface area contributed by atoms with Gasteiger partial charge in [-0.3, -0.25) is 9.97 Å². The van der Waals surface area contributed by atoms with Gasteiger partial charge in [-0.15, -0.1) is 0 Å². The third-order valence-corrected chi connectivity index (χ3v) is 1.59. The van der Waals surface area contributed by atoms with Gasteiger partial charge in [-0.25, -0.2) is 0 Å². The number of aromatic nitrogens is 2. The first kappa shape index (κ1) is 10.1. The second-order valence-corrected chi connectivity index (χ2v) is 2.43. The van der Waals surface area contributed by atoms with E-state index in [9.17, 15) is 0 Å². The van der Waals surface area contributed by atoms with E-state index in [0.29, 0.717) is 0 Å². The van der Waals surface area contributed by atoms with Crippen LogP contribution in [0, 0.1) is 0 Å². The summed E-state index contributed by atoms with van der Waals surface area (Å²) in [7, 11) is 0. The van der Waals surface area contributed by atoms with Gasteiger partial charge in [0, 0.05) is 33.5 Å². The van der Waals surface area contributed by atoms with Crippen molar-refractivity contribution in [3.8, 4) is 11.4 Å². The van der Waals surface area contributed by atoms with Crippen LogP contribution in [0.3, 0.4) is 0 Å². The Hall–Kier alpha value is -1.01. The van der Waals surface area contributed by atoms with Gasteiger partial charge < -0.3 is 0 Å². The van der Waals surface area contributed by atoms with Crippen molar-refractivity contribution >= 4 is 0 Å². The molecule has 0 bridgehead atoms. The van der Waals surface area contributed by atoms with Crippen LogP contribution in [0.25, 0.3) is 11.4 Å². The Morgan fingerprint density at radius 1 is 0.692 bits per heavy atom. The Bertz CT molecular complexity index is 310. The van der Waals surface area contributed by atoms with E-state index < -0.39 is 0 Å². The maximum absolute atomic E-state index is 4.19. The van der Waals surface area contributed by atoms with Crippen LogP contribution in [-0.4, -0.2) is 9.97 Å². The predicted octanol–water partition coefficient (Wildman–Crippen LogP) is 2.14. The molecular formula is C10H8MoN2. The molecule has 0 amide bonds. The SMILES string of the molecule is [Mo].c1ccc(-c2ccccn2)nc1. The summed E-state index contributed by atoms with van der Waals surface area (Å²) in [5, 5.41) is 0. The zero-order valence-electron chi connectivity index (χ0n) is 6.92. The van der Waals surface area contributed by atoms with Crippen molar-refractivity contribution in [2.24, 2.45) is 0 Å². The Morgan fingerprint density at radius 2 is 1.15 bits per heavy atom. The van der Waals surface area contributed by atoms with Gasteiger partial charge in [0.2, 0.25) is 0 Å². The number of hydrogen-bond acceptors (Lipinski definition) is 2. The minimum absolute atomic E-state index is 0. The van der Waals surface area contributed by atoms with Crippen LogP contribution < -0.4 is 0 Å². The van der Waals surface area contributed by atoms with Crippen LogP contribution in [0.15, 0.2) is 48.8 Å². The smallest absolute Gasteiger partial charge is 0.0886 e. The maximum Gasteiger partial charge on any atom is 0.0886 e. The summed E-state index contributed by atoms with van der Waals surface area (Å²) in [6, 6.07) is 11.6. The van der Waals surface area contributed by atoms with Crippen LogP contribution in [-0.2, 0) is 21.1 Å². The van der Waals surface area contributed by atoms with E-state index in [1.807, 2.05) is 36.4 Å². The van der Waals surface area contributed by atoms with E-state index in [0.717, 1.165) is 11.4 Å². The molecule has 2 aromatic heterocycles. The van der Waals surface area contributed by atoms with Crippen LogP contribution in [0.4, 0.5) is 0 Å². The Kier molecular flexibility index (Phi) is 3.78. The molecule has 0 N–H and O–H groups in total. The van der Waals surface area contributed by atoms with Gasteiger partial charge in [0.15, 0.2) is 0 Å². The summed E-state index contributed by atoms with van der Waals surface area (Å²) in [4.78, 5) is 8.37. The van der Waals surface area contributed by atoms with E-state index >= 15 is 0 Å². The van der Waals surface area contributed by atoms with Crippen molar-refractivity contribution in [3.05, 3.63) is 48.8 Å². The molecule has 2 nitrogen and oxygen atoms in total. The molecule has 2 rings (SSSR count). The van der Waals surface area contributed by atoms with Crippen LogP contribution >= 0.6 is 0 Å². The fourth-order valence-corrected chi connectivity index (χ4v) is 1.03. The minimum Gasteiger partial charge on any atom is -0.255 e. The van der Waals surface area contributed by atoms with Crippen molar-refractivity contribution in [3.63, 3.8) is 0 Å². The van der Waals surface area contributed by atoms with E-state index in [4.69, 9.17) is 0 Å². The third-order valence-electron chi connectivity index (χ3n) is 1.59. The first-order chi connectivity index (χ1) is 5.97. The van der Waals surface area contributed by atoms with Crippen LogP contribution in [0.2, 0.25) is 0 Å². The summed E-state index contributed by atoms with van der Waals surface area (Å²) in [6.07, 6.45) is 3.54. The van der Waals surface area contributed by atoms with Gasteiger partial charge in [-0.1, -0.05) is 12.1 Å². The summed E-state index contributed by atoms with van der Waals surface area (Å²) >= 11 is 0. The van der Waals surface area contributed by atoms with Gasteiger partial charge in [-0.05, 0) is 24.3 Å². The molecule has 0 saturated heterocycles. The summed E-state index contributed by atoms with van der Waals surface area (Å²) in [5.41, 5.74) is 1.83. The Labute approximate surface area is 91.3 Å². The number of nitrogens with zero attached hydrogens (tertiary/aromatic N) is 2. The van der Waals surface area contributed by atoms with E-state index in [-0.39, 0.29) is 21.1 Å². The first-order valence-corrected chi connectivity index (χ1v) is 3.79. The first-order valence-electron chi connectivity index (χ1n) is 3.79. The summed E-state index contributed by atoms with van der Waals surface area (Å²) in [6.45, 7) is 0. The molecular weight excluding hydrogens is 244 g/mol. The topological polar surface area (TPSA) is 25.8 Å². The maximum atomic E-state index is 4.19. The van der Waals surface area contributed by atoms with E-state index in [2.05, 4.69) is 9.97 Å². The third kappa shape index (κ3) is 2.46. The minimum atomic E-state index is 0. The van der Waals surface area contributed by atoms with Gasteiger partial charge >= 0.3 is 0 Å². The zero-order chi connectivity index (χ0) is 8.23. The van der Waals surface area contributed by atoms with Crippen molar-refractivity contribution in [2.75, 3.05) is 0 Å². The standard InChI is InChI=1S/C10H8N2.Mo/c1-3-7-11-9(5-1)10-6-2-4-8-12-10;/h1-8H;. The van der Waals surface area contributed by atoms with Crippen molar-refractivity contribution in [1.29, 1.82) is 0 Å². The number of hydrogen-bond donors (Lipinski definition) is 0. The van der Waals surface area contributed by atoms with E-state index in [1.54, 1.807) is 12.4 Å². The van der Waals surface area contributed by atoms with Gasteiger partial charge in [0.25, 0.3) is 0 Å². The predicted molar refractivity (Wildman–Crippen MR) is 47.5 cm³/mol. The van der Waals surface area contributed by atoms with Crippen molar-refractivity contribution in [2.45, 2.75) is 0 Å². The Balaban J connectivity index is 0.000000845. The second kappa shape index (κ2) is 4.88. The monoisotopic (exact) mass is 254 g/mol. The second-order valence-electron chi connectivity index (χ2n) is 2.43. The summed E-state index contributed by atoms with van der Waals surface area (Å²) in [5.74, 6) is 0. The molecule has 13 heavy (non-hydrogen) atoms. The molecule has 0 aliphatic heterocycles. The normalized spacial score (nSPS) is 8.92. The average Bonchev–Trinajstić information content (AvgIpc) is 2.21. The molecule has 0 aliphatic rings. The molecule has 2 aromatic rings. The molecule has 0 saturated carbocycles. The fourth-order valence-electron chi connectivity index (χ4n) is 1.03. The van der Waals surface area contributed by atoms with Gasteiger partial charge in [0.1, 0.15) is 0 Å². The molecule has 0 aromatic carbocycles. The molecule has 2 heterocycles. The van der Waals surface area contributed by atoms with Gasteiger partial charge in [0.05, 0.1) is 11.4 Å². The van der Waals surface area contributed by atoms with E-state index in [1.165, 1.54) is 0 Å². The molecule has 3 heteroatoms. The zero-order valence-corrected chi connectivity index (χ0v) is 8.93. The average molecular weight is 252 g/mol. The Morgan fingerprint density at radius 3 is 1.46 bits per heavy atom. The molecule has 64 valence electrons. The number of pyridine rings is 2. The largest absolute Gasteiger partial charge is 0.255 e. The summed E-state index contributed by atoms with van der Waals surface area (Å²) < 4.78 is 0. The van der Waals surface area contributed by atoms with Crippen molar-refractivity contribution < 1.29 is 21.1 Å². The molecule has 0 aliphatic carbocycles. The molecule has 0 fully saturated rings. The molecule has 0 atom stereocenters. The van der Waals surface area contributed by atoms with Gasteiger partial charge in [-0.2, -0.15) is 0 Å². The van der Waals surface area contributed by atoms with Crippen molar-refractivity contribution in [1.82, 2.24) is 9.97 Å². The molecule has 0 radical (unpaired) electrons. The van der Waals surface area contributed by atoms with Crippen LogP contribution in [0.5, 0.6) is 0 Å². The fraction of sp³-hybridized carbons (Fsp3) is 0. The van der Waals surface area contributed by atoms with Crippen LogP contribution in [0.1, 0.15) is 0 Å². The molecule has 0 spiro atoms. The quantitative estimate of drug-likeness (QED) is 0.727.